The first-order valence-electron chi connectivity index (χ1n) is 5.72. The van der Waals surface area contributed by atoms with Gasteiger partial charge in [-0.25, -0.2) is 4.98 Å². The molecule has 16 heavy (non-hydrogen) atoms. The van der Waals surface area contributed by atoms with E-state index in [1.165, 1.54) is 25.7 Å². The summed E-state index contributed by atoms with van der Waals surface area (Å²) >= 11 is 5.90. The van der Waals surface area contributed by atoms with Crippen molar-refractivity contribution < 1.29 is 0 Å². The van der Waals surface area contributed by atoms with E-state index in [4.69, 9.17) is 17.3 Å². The van der Waals surface area contributed by atoms with E-state index in [0.717, 1.165) is 18.9 Å². The molecule has 1 spiro atoms. The fourth-order valence-corrected chi connectivity index (χ4v) is 2.76. The number of piperidine rings is 1. The van der Waals surface area contributed by atoms with Crippen molar-refractivity contribution >= 4 is 23.4 Å². The predicted molar refractivity (Wildman–Crippen MR) is 64.6 cm³/mol. The van der Waals surface area contributed by atoms with Gasteiger partial charge in [-0.05, 0) is 31.1 Å². The lowest BCUT2D eigenvalue weighted by molar-refractivity contribution is 0.393. The highest BCUT2D eigenvalue weighted by atomic mass is 35.5. The minimum atomic E-state index is 0.262. The lowest BCUT2D eigenvalue weighted by atomic mass is 9.95. The van der Waals surface area contributed by atoms with Crippen LogP contribution in [0.2, 0.25) is 5.15 Å². The zero-order chi connectivity index (χ0) is 11.2. The Morgan fingerprint density at radius 3 is 2.81 bits per heavy atom. The number of nitrogen functional groups attached to an aromatic ring is 1. The Morgan fingerprint density at radius 2 is 2.12 bits per heavy atom. The van der Waals surface area contributed by atoms with Crippen LogP contribution < -0.4 is 10.6 Å². The fraction of sp³-hybridized carbons (Fsp3) is 0.636. The minimum Gasteiger partial charge on any atom is -0.368 e. The maximum Gasteiger partial charge on any atom is 0.223 e. The number of nitrogens with zero attached hydrogens (tertiary/aromatic N) is 3. The van der Waals surface area contributed by atoms with Gasteiger partial charge in [-0.3, -0.25) is 0 Å². The van der Waals surface area contributed by atoms with Gasteiger partial charge in [-0.1, -0.05) is 11.6 Å². The van der Waals surface area contributed by atoms with Crippen molar-refractivity contribution in [3.63, 3.8) is 0 Å². The summed E-state index contributed by atoms with van der Waals surface area (Å²) in [6, 6.07) is 1.80. The summed E-state index contributed by atoms with van der Waals surface area (Å²) in [5.41, 5.74) is 6.19. The molecular weight excluding hydrogens is 224 g/mol. The van der Waals surface area contributed by atoms with Gasteiger partial charge in [0.05, 0.1) is 0 Å². The number of aromatic nitrogens is 2. The molecule has 5 heteroatoms. The summed E-state index contributed by atoms with van der Waals surface area (Å²) in [5, 5.41) is 0.429. The fourth-order valence-electron chi connectivity index (χ4n) is 2.57. The third-order valence-corrected chi connectivity index (χ3v) is 3.83. The van der Waals surface area contributed by atoms with Crippen LogP contribution in [0, 0.1) is 5.41 Å². The topological polar surface area (TPSA) is 55.0 Å². The van der Waals surface area contributed by atoms with Crippen LogP contribution in [0.1, 0.15) is 25.7 Å². The highest BCUT2D eigenvalue weighted by molar-refractivity contribution is 6.29. The van der Waals surface area contributed by atoms with Gasteiger partial charge in [0, 0.05) is 19.2 Å². The summed E-state index contributed by atoms with van der Waals surface area (Å²) < 4.78 is 0. The molecule has 4 nitrogen and oxygen atoms in total. The number of anilines is 2. The maximum absolute atomic E-state index is 5.90. The van der Waals surface area contributed by atoms with Gasteiger partial charge in [-0.15, -0.1) is 0 Å². The van der Waals surface area contributed by atoms with Crippen molar-refractivity contribution in [2.45, 2.75) is 25.7 Å². The van der Waals surface area contributed by atoms with E-state index >= 15 is 0 Å². The third-order valence-electron chi connectivity index (χ3n) is 3.64. The van der Waals surface area contributed by atoms with Crippen molar-refractivity contribution in [1.82, 2.24) is 9.97 Å². The van der Waals surface area contributed by atoms with Crippen LogP contribution in [0.25, 0.3) is 0 Å². The average molecular weight is 239 g/mol. The van der Waals surface area contributed by atoms with E-state index in [-0.39, 0.29) is 5.95 Å². The molecule has 86 valence electrons. The van der Waals surface area contributed by atoms with E-state index in [0.29, 0.717) is 10.6 Å². The number of hydrogen-bond donors (Lipinski definition) is 1. The zero-order valence-corrected chi connectivity index (χ0v) is 9.87. The first kappa shape index (κ1) is 10.1. The number of hydrogen-bond acceptors (Lipinski definition) is 4. The van der Waals surface area contributed by atoms with Crippen LogP contribution in [0.5, 0.6) is 0 Å². The first-order chi connectivity index (χ1) is 7.67. The highest BCUT2D eigenvalue weighted by Gasteiger charge is 2.45. The second-order valence-corrected chi connectivity index (χ2v) is 5.32. The van der Waals surface area contributed by atoms with Gasteiger partial charge < -0.3 is 10.6 Å². The van der Waals surface area contributed by atoms with Crippen molar-refractivity contribution in [3.8, 4) is 0 Å². The molecule has 1 aromatic rings. The molecule has 1 saturated carbocycles. The Bertz CT molecular complexity index is 396. The van der Waals surface area contributed by atoms with Crippen molar-refractivity contribution in [3.05, 3.63) is 11.2 Å². The van der Waals surface area contributed by atoms with E-state index in [2.05, 4.69) is 14.9 Å². The maximum atomic E-state index is 5.90. The smallest absolute Gasteiger partial charge is 0.223 e. The summed E-state index contributed by atoms with van der Waals surface area (Å²) in [6.45, 7) is 2.15. The largest absolute Gasteiger partial charge is 0.368 e. The van der Waals surface area contributed by atoms with Gasteiger partial charge >= 0.3 is 0 Å². The quantitative estimate of drug-likeness (QED) is 0.762. The Labute approximate surface area is 99.8 Å². The summed E-state index contributed by atoms with van der Waals surface area (Å²) in [4.78, 5) is 10.4. The standard InChI is InChI=1S/C11H15ClN4/c12-8-6-9(15-10(13)14-8)16-5-1-2-11(7-16)3-4-11/h6H,1-5,7H2,(H2,13,14,15). The Hall–Kier alpha value is -1.03. The monoisotopic (exact) mass is 238 g/mol. The molecule has 3 rings (SSSR count). The van der Waals surface area contributed by atoms with Crippen LogP contribution in [-0.2, 0) is 0 Å². The first-order valence-corrected chi connectivity index (χ1v) is 6.10. The van der Waals surface area contributed by atoms with Crippen LogP contribution >= 0.6 is 11.6 Å². The summed E-state index contributed by atoms with van der Waals surface area (Å²) in [7, 11) is 0. The van der Waals surface area contributed by atoms with Gasteiger partial charge in [-0.2, -0.15) is 4.98 Å². The van der Waals surface area contributed by atoms with Crippen molar-refractivity contribution in [1.29, 1.82) is 0 Å². The number of nitrogens with two attached hydrogens (primary N) is 1. The lowest BCUT2D eigenvalue weighted by Gasteiger charge is -2.33. The molecule has 0 bridgehead atoms. The molecule has 2 aliphatic rings. The molecule has 2 heterocycles. The Kier molecular flexibility index (Phi) is 2.21. The molecule has 2 fully saturated rings. The lowest BCUT2D eigenvalue weighted by Crippen LogP contribution is -2.37. The van der Waals surface area contributed by atoms with E-state index < -0.39 is 0 Å². The average Bonchev–Trinajstić information content (AvgIpc) is 2.96. The molecule has 1 saturated heterocycles. The van der Waals surface area contributed by atoms with Crippen LogP contribution in [0.3, 0.4) is 0 Å². The van der Waals surface area contributed by atoms with Crippen LogP contribution in [-0.4, -0.2) is 23.1 Å². The van der Waals surface area contributed by atoms with Gasteiger partial charge in [0.2, 0.25) is 5.95 Å². The molecule has 1 aliphatic heterocycles. The van der Waals surface area contributed by atoms with Crippen molar-refractivity contribution in [2.24, 2.45) is 5.41 Å². The third kappa shape index (κ3) is 1.82. The van der Waals surface area contributed by atoms with E-state index in [1.807, 2.05) is 0 Å². The van der Waals surface area contributed by atoms with Crippen molar-refractivity contribution in [2.75, 3.05) is 23.7 Å². The van der Waals surface area contributed by atoms with Crippen LogP contribution in [0.4, 0.5) is 11.8 Å². The van der Waals surface area contributed by atoms with E-state index in [1.54, 1.807) is 6.07 Å². The molecule has 0 aromatic carbocycles. The molecular formula is C11H15ClN4. The summed E-state index contributed by atoms with van der Waals surface area (Å²) in [6.07, 6.45) is 5.31. The second kappa shape index (κ2) is 3.48. The van der Waals surface area contributed by atoms with Gasteiger partial charge in [0.25, 0.3) is 0 Å². The van der Waals surface area contributed by atoms with E-state index in [9.17, 15) is 0 Å². The van der Waals surface area contributed by atoms with Crippen LogP contribution in [0.15, 0.2) is 6.07 Å². The molecule has 0 radical (unpaired) electrons. The van der Waals surface area contributed by atoms with Gasteiger partial charge in [0.15, 0.2) is 0 Å². The normalized spacial score (nSPS) is 22.4. The molecule has 0 atom stereocenters. The summed E-state index contributed by atoms with van der Waals surface area (Å²) in [5.74, 6) is 1.14. The number of halogens is 1. The zero-order valence-electron chi connectivity index (χ0n) is 9.12. The predicted octanol–water partition coefficient (Wildman–Crippen LogP) is 2.09. The molecule has 1 aliphatic carbocycles. The Balaban J connectivity index is 1.85. The molecule has 0 unspecified atom stereocenters. The van der Waals surface area contributed by atoms with Gasteiger partial charge in [0.1, 0.15) is 11.0 Å². The molecule has 2 N–H and O–H groups in total. The second-order valence-electron chi connectivity index (χ2n) is 4.93. The highest BCUT2D eigenvalue weighted by Crippen LogP contribution is 2.52. The molecule has 0 amide bonds. The minimum absolute atomic E-state index is 0.262. The molecule has 1 aromatic heterocycles. The Morgan fingerprint density at radius 1 is 1.31 bits per heavy atom. The number of rotatable bonds is 1. The SMILES string of the molecule is Nc1nc(Cl)cc(N2CCCC3(CC3)C2)n1.